The molecule has 5 atom stereocenters. The summed E-state index contributed by atoms with van der Waals surface area (Å²) in [7, 11) is -1.33. The Morgan fingerprint density at radius 1 is 1.02 bits per heavy atom. The van der Waals surface area contributed by atoms with Crippen LogP contribution in [0, 0.1) is 5.92 Å². The van der Waals surface area contributed by atoms with Gasteiger partial charge in [0.05, 0.1) is 48.6 Å². The van der Waals surface area contributed by atoms with E-state index in [2.05, 4.69) is 66.0 Å². The lowest BCUT2D eigenvalue weighted by atomic mass is 9.98. The van der Waals surface area contributed by atoms with Crippen molar-refractivity contribution in [1.29, 1.82) is 0 Å². The maximum absolute atomic E-state index is 12.0. The highest BCUT2D eigenvalue weighted by atomic mass is 35.5. The van der Waals surface area contributed by atoms with Gasteiger partial charge >= 0.3 is 5.97 Å². The van der Waals surface area contributed by atoms with Gasteiger partial charge in [-0.15, -0.1) is 0 Å². The number of esters is 1. The third kappa shape index (κ3) is 7.42. The molecule has 2 saturated heterocycles. The van der Waals surface area contributed by atoms with Crippen LogP contribution in [0.5, 0.6) is 6.01 Å². The van der Waals surface area contributed by atoms with E-state index in [4.69, 9.17) is 40.3 Å². The Labute approximate surface area is 269 Å². The number of imidazole rings is 1. The Hall–Kier alpha value is -3.28. The average Bonchev–Trinajstić information content (AvgIpc) is 3.72. The molecular weight excluding hydrogens is 610 g/mol. The van der Waals surface area contributed by atoms with Crippen molar-refractivity contribution < 1.29 is 28.5 Å². The van der Waals surface area contributed by atoms with Crippen molar-refractivity contribution in [3.05, 3.63) is 76.9 Å². The number of benzene rings is 2. The second kappa shape index (κ2) is 13.6. The van der Waals surface area contributed by atoms with E-state index in [1.165, 1.54) is 0 Å². The number of H-pyrrole nitrogens is 1. The summed E-state index contributed by atoms with van der Waals surface area (Å²) in [6, 6.07) is 21.8. The number of fused-ring (bicyclic) bond motifs is 2. The molecule has 4 aromatic rings. The maximum Gasteiger partial charge on any atom is 0.306 e. The molecule has 0 saturated carbocycles. The smallest absolute Gasteiger partial charge is 0.306 e. The number of pyridine rings is 1. The van der Waals surface area contributed by atoms with Crippen molar-refractivity contribution in [2.75, 3.05) is 26.4 Å². The number of carbonyl (C=O) groups is 1. The summed E-state index contributed by atoms with van der Waals surface area (Å²) in [4.78, 5) is 24.8. The van der Waals surface area contributed by atoms with Crippen molar-refractivity contribution in [3.63, 3.8) is 0 Å². The lowest BCUT2D eigenvalue weighted by molar-refractivity contribution is -0.145. The first kappa shape index (κ1) is 31.7. The predicted molar refractivity (Wildman–Crippen MR) is 175 cm³/mol. The first-order valence-corrected chi connectivity index (χ1v) is 19.7. The van der Waals surface area contributed by atoms with E-state index in [1.807, 2.05) is 24.3 Å². The topological polar surface area (TPSA) is 105 Å². The number of aromatic nitrogens is 3. The monoisotopic (exact) mass is 649 g/mol. The van der Waals surface area contributed by atoms with E-state index in [1.54, 1.807) is 6.92 Å². The third-order valence-electron chi connectivity index (χ3n) is 8.25. The van der Waals surface area contributed by atoms with Gasteiger partial charge in [-0.05, 0) is 35.7 Å². The molecule has 45 heavy (non-hydrogen) atoms. The van der Waals surface area contributed by atoms with E-state index in [0.717, 1.165) is 22.7 Å². The van der Waals surface area contributed by atoms with Gasteiger partial charge in [0.15, 0.2) is 11.8 Å². The molecule has 11 heteroatoms. The van der Waals surface area contributed by atoms with Crippen molar-refractivity contribution in [2.45, 2.75) is 63.4 Å². The predicted octanol–water partition coefficient (Wildman–Crippen LogP) is 6.84. The van der Waals surface area contributed by atoms with E-state index >= 15 is 0 Å². The van der Waals surface area contributed by atoms with Crippen molar-refractivity contribution in [1.82, 2.24) is 15.0 Å². The van der Waals surface area contributed by atoms with Crippen LogP contribution in [-0.4, -0.2) is 73.7 Å². The maximum atomic E-state index is 12.0. The van der Waals surface area contributed by atoms with Gasteiger partial charge in [-0.3, -0.25) is 4.79 Å². The Kier molecular flexibility index (Phi) is 9.58. The molecule has 2 aromatic carbocycles. The Morgan fingerprint density at radius 2 is 1.76 bits per heavy atom. The Balaban J connectivity index is 1.22. The van der Waals surface area contributed by atoms with Crippen LogP contribution in [0.2, 0.25) is 30.7 Å². The summed E-state index contributed by atoms with van der Waals surface area (Å²) in [6.45, 7) is 10.5. The first-order valence-electron chi connectivity index (χ1n) is 15.6. The fourth-order valence-corrected chi connectivity index (χ4v) is 6.82. The van der Waals surface area contributed by atoms with Crippen molar-refractivity contribution in [3.8, 4) is 17.1 Å². The van der Waals surface area contributed by atoms with Crippen LogP contribution in [0.1, 0.15) is 30.7 Å². The zero-order valence-electron chi connectivity index (χ0n) is 26.1. The van der Waals surface area contributed by atoms with Crippen molar-refractivity contribution >= 4 is 36.8 Å². The average molecular weight is 650 g/mol. The minimum atomic E-state index is -1.33. The summed E-state index contributed by atoms with van der Waals surface area (Å²) in [5.74, 6) is -0.313. The molecule has 2 aliphatic rings. The number of hydrogen-bond donors (Lipinski definition) is 1. The second-order valence-corrected chi connectivity index (χ2v) is 18.9. The lowest BCUT2D eigenvalue weighted by Crippen LogP contribution is -2.34. The number of halogens is 1. The molecule has 2 aromatic heterocycles. The molecule has 0 spiro atoms. The molecule has 0 amide bonds. The molecule has 0 radical (unpaired) electrons. The standard InChI is InChI=1S/C34H40ClN3O6Si/c1-5-40-28(39)17-24-19-42-32-27(20-43-31(24)32)44-34-36-26-18-25(35)29(37-33(26)38-34)30(41-15-16-45(2,3)4)23-13-11-22(12-14-23)21-9-7-6-8-10-21/h6-14,18,24,27,30-32H,5,15-17,19-20H2,1-4H3,(H,36,37,38)/t24?,27-,30?,31-,32-/m1/s1. The van der Waals surface area contributed by atoms with Crippen LogP contribution in [0.25, 0.3) is 22.3 Å². The van der Waals surface area contributed by atoms with E-state index in [0.29, 0.717) is 54.3 Å². The van der Waals surface area contributed by atoms with Crippen LogP contribution in [-0.2, 0) is 23.7 Å². The van der Waals surface area contributed by atoms with Gasteiger partial charge in [0.1, 0.15) is 12.2 Å². The van der Waals surface area contributed by atoms with Crippen LogP contribution >= 0.6 is 11.6 Å². The van der Waals surface area contributed by atoms with Crippen molar-refractivity contribution in [2.24, 2.45) is 5.92 Å². The van der Waals surface area contributed by atoms with Gasteiger partial charge in [-0.1, -0.05) is 85.8 Å². The van der Waals surface area contributed by atoms with Gasteiger partial charge in [0, 0.05) is 20.6 Å². The third-order valence-corrected chi connectivity index (χ3v) is 10.3. The van der Waals surface area contributed by atoms with Crippen LogP contribution < -0.4 is 4.74 Å². The SMILES string of the molecule is CCOC(=O)CC1CO[C@H]2[C@@H]1OC[C@H]2Oc1nc2nc(C(OCC[Si](C)(C)C)c3ccc(-c4ccccc4)cc3)c(Cl)cc2[nH]1. The summed E-state index contributed by atoms with van der Waals surface area (Å²) in [6.07, 6.45) is -1.11. The molecular formula is C34H40ClN3O6Si. The van der Waals surface area contributed by atoms with Gasteiger partial charge in [0.25, 0.3) is 6.01 Å². The number of hydrogen-bond acceptors (Lipinski definition) is 8. The van der Waals surface area contributed by atoms with E-state index in [9.17, 15) is 4.79 Å². The summed E-state index contributed by atoms with van der Waals surface area (Å²) in [5, 5.41) is 0.480. The molecule has 9 nitrogen and oxygen atoms in total. The molecule has 0 aliphatic carbocycles. The molecule has 6 rings (SSSR count). The molecule has 1 N–H and O–H groups in total. The molecule has 238 valence electrons. The van der Waals surface area contributed by atoms with E-state index < -0.39 is 14.2 Å². The van der Waals surface area contributed by atoms with Gasteiger partial charge < -0.3 is 28.7 Å². The van der Waals surface area contributed by atoms with Crippen LogP contribution in [0.15, 0.2) is 60.7 Å². The first-order chi connectivity index (χ1) is 21.7. The number of ether oxygens (including phenoxy) is 5. The fraction of sp³-hybridized carbons (Fsp3) is 0.441. The minimum absolute atomic E-state index is 0.0685. The number of rotatable bonds is 12. The van der Waals surface area contributed by atoms with Gasteiger partial charge in [0.2, 0.25) is 0 Å². The Bertz CT molecular complexity index is 1610. The Morgan fingerprint density at radius 3 is 2.49 bits per heavy atom. The zero-order valence-corrected chi connectivity index (χ0v) is 27.9. The normalized spacial score (nSPS) is 22.0. The highest BCUT2D eigenvalue weighted by molar-refractivity contribution is 6.76. The molecule has 4 heterocycles. The quantitative estimate of drug-likeness (QED) is 0.131. The lowest BCUT2D eigenvalue weighted by Gasteiger charge is -2.22. The number of nitrogens with one attached hydrogen (secondary N) is 1. The number of nitrogens with zero attached hydrogens (tertiary/aromatic N) is 2. The molecule has 2 aliphatic heterocycles. The zero-order chi connectivity index (χ0) is 31.6. The van der Waals surface area contributed by atoms with Gasteiger partial charge in [-0.25, -0.2) is 4.98 Å². The summed E-state index contributed by atoms with van der Waals surface area (Å²) in [5.41, 5.74) is 4.99. The molecule has 2 unspecified atom stereocenters. The minimum Gasteiger partial charge on any atom is -0.466 e. The highest BCUT2D eigenvalue weighted by Gasteiger charge is 2.49. The number of aromatic amines is 1. The molecule has 0 bridgehead atoms. The van der Waals surface area contributed by atoms with Gasteiger partial charge in [-0.2, -0.15) is 4.98 Å². The largest absolute Gasteiger partial charge is 0.466 e. The van der Waals surface area contributed by atoms with E-state index in [-0.39, 0.29) is 36.6 Å². The van der Waals surface area contributed by atoms with Crippen LogP contribution in [0.4, 0.5) is 0 Å². The summed E-state index contributed by atoms with van der Waals surface area (Å²) >= 11 is 6.88. The number of carbonyl (C=O) groups excluding carboxylic acids is 1. The fourth-order valence-electron chi connectivity index (χ4n) is 5.84. The highest BCUT2D eigenvalue weighted by Crippen LogP contribution is 2.37. The second-order valence-electron chi connectivity index (χ2n) is 12.8. The molecule has 2 fully saturated rings. The summed E-state index contributed by atoms with van der Waals surface area (Å²) < 4.78 is 29.8. The van der Waals surface area contributed by atoms with Crippen LogP contribution in [0.3, 0.4) is 0 Å².